The number of hydrogen-bond donors (Lipinski definition) is 5. The highest BCUT2D eigenvalue weighted by Gasteiger charge is 2.30. The SMILES string of the molecule is C[C@@H](CNc1nccc(-c2[nH]c(C3CC3)nc2-c2cc(F)cc(NS(C)(=O)=O)c2F)n1)NC(=O)O. The molecule has 1 saturated carbocycles. The van der Waals surface area contributed by atoms with Crippen molar-refractivity contribution >= 4 is 27.8 Å². The van der Waals surface area contributed by atoms with Crippen LogP contribution in [0.5, 0.6) is 0 Å². The molecule has 0 radical (unpaired) electrons. The van der Waals surface area contributed by atoms with Crippen LogP contribution in [0.25, 0.3) is 22.6 Å². The third-order valence-corrected chi connectivity index (χ3v) is 5.71. The molecule has 2 heterocycles. The largest absolute Gasteiger partial charge is 0.465 e. The van der Waals surface area contributed by atoms with E-state index in [1.807, 2.05) is 4.72 Å². The van der Waals surface area contributed by atoms with Crippen molar-refractivity contribution in [3.05, 3.63) is 41.9 Å². The summed E-state index contributed by atoms with van der Waals surface area (Å²) in [7, 11) is -3.86. The molecule has 0 bridgehead atoms. The number of rotatable bonds is 9. The van der Waals surface area contributed by atoms with Crippen molar-refractivity contribution < 1.29 is 27.1 Å². The molecule has 5 N–H and O–H groups in total. The molecule has 35 heavy (non-hydrogen) atoms. The van der Waals surface area contributed by atoms with Gasteiger partial charge in [-0.25, -0.2) is 36.9 Å². The lowest BCUT2D eigenvalue weighted by Crippen LogP contribution is -2.36. The van der Waals surface area contributed by atoms with Crippen LogP contribution in [-0.2, 0) is 10.0 Å². The molecular weight excluding hydrogens is 484 g/mol. The number of anilines is 2. The van der Waals surface area contributed by atoms with Gasteiger partial charge in [0.25, 0.3) is 0 Å². The van der Waals surface area contributed by atoms with Gasteiger partial charge in [0.15, 0.2) is 5.82 Å². The van der Waals surface area contributed by atoms with Crippen LogP contribution in [-0.4, -0.2) is 58.4 Å². The van der Waals surface area contributed by atoms with E-state index in [9.17, 15) is 17.6 Å². The number of carboxylic acid groups (broad SMARTS) is 1. The van der Waals surface area contributed by atoms with Crippen molar-refractivity contribution in [1.29, 1.82) is 0 Å². The first kappa shape index (κ1) is 24.3. The predicted octanol–water partition coefficient (Wildman–Crippen LogP) is 3.13. The van der Waals surface area contributed by atoms with E-state index < -0.39 is 39.5 Å². The molecule has 3 aromatic rings. The highest BCUT2D eigenvalue weighted by molar-refractivity contribution is 7.92. The summed E-state index contributed by atoms with van der Waals surface area (Å²) in [6.07, 6.45) is 2.92. The van der Waals surface area contributed by atoms with Crippen molar-refractivity contribution in [2.45, 2.75) is 31.7 Å². The number of amides is 1. The van der Waals surface area contributed by atoms with Gasteiger partial charge in [-0.3, -0.25) is 4.72 Å². The molecule has 14 heteroatoms. The molecule has 1 atom stereocenters. The number of benzene rings is 1. The van der Waals surface area contributed by atoms with E-state index in [1.54, 1.807) is 13.0 Å². The smallest absolute Gasteiger partial charge is 0.404 e. The van der Waals surface area contributed by atoms with Crippen molar-refractivity contribution in [2.75, 3.05) is 22.8 Å². The third kappa shape index (κ3) is 6.01. The van der Waals surface area contributed by atoms with Gasteiger partial charge in [-0.05, 0) is 31.9 Å². The molecule has 0 saturated heterocycles. The van der Waals surface area contributed by atoms with Crippen LogP contribution < -0.4 is 15.4 Å². The first-order chi connectivity index (χ1) is 16.5. The fraction of sp³-hybridized carbons (Fsp3) is 0.333. The molecule has 1 aromatic carbocycles. The number of hydrogen-bond acceptors (Lipinski definition) is 7. The predicted molar refractivity (Wildman–Crippen MR) is 125 cm³/mol. The average Bonchev–Trinajstić information content (AvgIpc) is 3.52. The van der Waals surface area contributed by atoms with Crippen molar-refractivity contribution in [3.63, 3.8) is 0 Å². The average molecular weight is 508 g/mol. The number of halogens is 2. The fourth-order valence-electron chi connectivity index (χ4n) is 3.45. The summed E-state index contributed by atoms with van der Waals surface area (Å²) in [5.74, 6) is -0.902. The summed E-state index contributed by atoms with van der Waals surface area (Å²) in [5, 5.41) is 14.0. The number of carbonyl (C=O) groups is 1. The highest BCUT2D eigenvalue weighted by atomic mass is 32.2. The van der Waals surface area contributed by atoms with Crippen LogP contribution in [0.4, 0.5) is 25.2 Å². The number of aromatic amines is 1. The fourth-order valence-corrected chi connectivity index (χ4v) is 3.99. The number of nitrogens with one attached hydrogen (secondary N) is 4. The van der Waals surface area contributed by atoms with E-state index in [0.29, 0.717) is 17.2 Å². The summed E-state index contributed by atoms with van der Waals surface area (Å²) < 4.78 is 55.0. The first-order valence-electron chi connectivity index (χ1n) is 10.6. The van der Waals surface area contributed by atoms with Gasteiger partial charge in [-0.1, -0.05) is 0 Å². The highest BCUT2D eigenvalue weighted by Crippen LogP contribution is 2.42. The maximum atomic E-state index is 15.3. The van der Waals surface area contributed by atoms with E-state index in [0.717, 1.165) is 31.2 Å². The van der Waals surface area contributed by atoms with Gasteiger partial charge in [-0.15, -0.1) is 0 Å². The summed E-state index contributed by atoms with van der Waals surface area (Å²) in [6, 6.07) is 2.84. The van der Waals surface area contributed by atoms with Crippen LogP contribution in [0.2, 0.25) is 0 Å². The maximum absolute atomic E-state index is 15.3. The summed E-state index contributed by atoms with van der Waals surface area (Å²) >= 11 is 0. The molecule has 0 unspecified atom stereocenters. The summed E-state index contributed by atoms with van der Waals surface area (Å²) in [5.41, 5.74) is -0.0528. The van der Waals surface area contributed by atoms with Crippen LogP contribution in [0.15, 0.2) is 24.4 Å². The Kier molecular flexibility index (Phi) is 6.56. The number of aromatic nitrogens is 4. The topological polar surface area (TPSA) is 162 Å². The molecule has 1 aliphatic rings. The van der Waals surface area contributed by atoms with E-state index in [-0.39, 0.29) is 29.7 Å². The van der Waals surface area contributed by atoms with Crippen molar-refractivity contribution in [1.82, 2.24) is 25.3 Å². The molecule has 0 spiro atoms. The molecule has 11 nitrogen and oxygen atoms in total. The number of sulfonamides is 1. The van der Waals surface area contributed by atoms with Gasteiger partial charge >= 0.3 is 6.09 Å². The Balaban J connectivity index is 1.73. The second kappa shape index (κ2) is 9.44. The lowest BCUT2D eigenvalue weighted by Gasteiger charge is -2.13. The standard InChI is InChI=1S/C21H23F2N7O4S/c1-10(26-21(31)32)9-25-20-24-6-5-14(27-20)18-17(28-19(29-18)11-3-4-11)13-7-12(22)8-15(16(13)23)30-35(2,33)34/h5-8,10-11,26,30H,3-4,9H2,1-2H3,(H,28,29)(H,31,32)(H,24,25,27)/t10-/m0/s1. The Bertz CT molecular complexity index is 1380. The minimum atomic E-state index is -3.86. The Labute approximate surface area is 199 Å². The van der Waals surface area contributed by atoms with Crippen molar-refractivity contribution in [2.24, 2.45) is 0 Å². The van der Waals surface area contributed by atoms with E-state index in [4.69, 9.17) is 5.11 Å². The van der Waals surface area contributed by atoms with Gasteiger partial charge < -0.3 is 20.7 Å². The van der Waals surface area contributed by atoms with E-state index >= 15 is 4.39 Å². The van der Waals surface area contributed by atoms with Crippen LogP contribution in [0.1, 0.15) is 31.5 Å². The van der Waals surface area contributed by atoms with Gasteiger partial charge in [-0.2, -0.15) is 0 Å². The zero-order valence-electron chi connectivity index (χ0n) is 18.8. The van der Waals surface area contributed by atoms with Gasteiger partial charge in [0.2, 0.25) is 16.0 Å². The summed E-state index contributed by atoms with van der Waals surface area (Å²) in [4.78, 5) is 26.9. The van der Waals surface area contributed by atoms with Crippen LogP contribution >= 0.6 is 0 Å². The molecule has 186 valence electrons. The number of nitrogens with zero attached hydrogens (tertiary/aromatic N) is 3. The zero-order valence-corrected chi connectivity index (χ0v) is 19.6. The first-order valence-corrected chi connectivity index (χ1v) is 12.5. The maximum Gasteiger partial charge on any atom is 0.404 e. The molecule has 2 aromatic heterocycles. The monoisotopic (exact) mass is 507 g/mol. The van der Waals surface area contributed by atoms with Crippen molar-refractivity contribution in [3.8, 4) is 22.6 Å². The normalized spacial score (nSPS) is 14.4. The van der Waals surface area contributed by atoms with Gasteiger partial charge in [0, 0.05) is 36.3 Å². The van der Waals surface area contributed by atoms with E-state index in [1.165, 1.54) is 6.20 Å². The molecule has 4 rings (SSSR count). The Morgan fingerprint density at radius 3 is 2.69 bits per heavy atom. The Morgan fingerprint density at radius 2 is 2.03 bits per heavy atom. The van der Waals surface area contributed by atoms with Crippen LogP contribution in [0, 0.1) is 11.6 Å². The number of H-pyrrole nitrogens is 1. The molecule has 1 fully saturated rings. The van der Waals surface area contributed by atoms with Crippen LogP contribution in [0.3, 0.4) is 0 Å². The molecule has 1 aliphatic carbocycles. The minimum Gasteiger partial charge on any atom is -0.465 e. The number of imidazole rings is 1. The molecule has 0 aliphatic heterocycles. The second-order valence-corrected chi connectivity index (χ2v) is 10.1. The summed E-state index contributed by atoms with van der Waals surface area (Å²) in [6.45, 7) is 1.87. The Hall–Kier alpha value is -3.81. The lowest BCUT2D eigenvalue weighted by atomic mass is 10.1. The quantitative estimate of drug-likeness (QED) is 0.295. The Morgan fingerprint density at radius 1 is 1.29 bits per heavy atom. The molecule has 1 amide bonds. The van der Waals surface area contributed by atoms with Gasteiger partial charge in [0.05, 0.1) is 23.3 Å². The lowest BCUT2D eigenvalue weighted by molar-refractivity contribution is 0.191. The third-order valence-electron chi connectivity index (χ3n) is 5.12. The minimum absolute atomic E-state index is 0.0750. The molecular formula is C21H23F2N7O4S. The van der Waals surface area contributed by atoms with Gasteiger partial charge in [0.1, 0.15) is 17.3 Å². The van der Waals surface area contributed by atoms with E-state index in [2.05, 4.69) is 30.6 Å². The zero-order chi connectivity index (χ0) is 25.3. The second-order valence-electron chi connectivity index (χ2n) is 8.31.